The van der Waals surface area contributed by atoms with Crippen LogP contribution >= 0.6 is 11.6 Å². The molecule has 82 valence electrons. The van der Waals surface area contributed by atoms with Crippen LogP contribution in [0.1, 0.15) is 13.3 Å². The summed E-state index contributed by atoms with van der Waals surface area (Å²) in [5.74, 6) is -1.37. The third-order valence-electron chi connectivity index (χ3n) is 1.47. The van der Waals surface area contributed by atoms with Crippen LogP contribution in [-0.4, -0.2) is 35.1 Å². The summed E-state index contributed by atoms with van der Waals surface area (Å²) < 4.78 is 4.60. The van der Waals surface area contributed by atoms with Gasteiger partial charge < -0.3 is 10.5 Å². The van der Waals surface area contributed by atoms with E-state index in [0.717, 1.165) is 0 Å². The average Bonchev–Trinajstić information content (AvgIpc) is 2.15. The van der Waals surface area contributed by atoms with Crippen molar-refractivity contribution < 1.29 is 19.5 Å². The van der Waals surface area contributed by atoms with E-state index in [1.54, 1.807) is 6.92 Å². The summed E-state index contributed by atoms with van der Waals surface area (Å²) in [4.78, 5) is 21.7. The van der Waals surface area contributed by atoms with E-state index in [4.69, 9.17) is 22.5 Å². The predicted molar refractivity (Wildman–Crippen MR) is 48.8 cm³/mol. The van der Waals surface area contributed by atoms with Crippen LogP contribution in [0.25, 0.3) is 0 Å². The molecule has 0 saturated carbocycles. The molecule has 0 aromatic carbocycles. The summed E-state index contributed by atoms with van der Waals surface area (Å²) in [6.07, 6.45) is -0.177. The first-order valence-electron chi connectivity index (χ1n) is 4.02. The Morgan fingerprint density at radius 3 is 2.64 bits per heavy atom. The number of alkyl halides is 1. The molecule has 0 radical (unpaired) electrons. The summed E-state index contributed by atoms with van der Waals surface area (Å²) in [6, 6.07) is -1.15. The molecule has 0 fully saturated rings. The molecular weight excluding hydrogens is 212 g/mol. The van der Waals surface area contributed by atoms with Gasteiger partial charge in [-0.25, -0.2) is 5.48 Å². The first-order chi connectivity index (χ1) is 6.52. The van der Waals surface area contributed by atoms with Crippen LogP contribution in [0.4, 0.5) is 0 Å². The van der Waals surface area contributed by atoms with Crippen LogP contribution in [0.5, 0.6) is 0 Å². The van der Waals surface area contributed by atoms with E-state index in [2.05, 4.69) is 4.74 Å². The second-order valence-electron chi connectivity index (χ2n) is 2.53. The number of hydroxylamine groups is 1. The first kappa shape index (κ1) is 13.2. The molecule has 4 N–H and O–H groups in total. The molecule has 0 aliphatic heterocycles. The Morgan fingerprint density at radius 2 is 2.21 bits per heavy atom. The highest BCUT2D eigenvalue weighted by Gasteiger charge is 2.25. The molecule has 0 aliphatic rings. The molecular formula is C7H13ClN2O4. The van der Waals surface area contributed by atoms with Crippen molar-refractivity contribution in [3.63, 3.8) is 0 Å². The number of carbonyl (C=O) groups is 2. The molecule has 14 heavy (non-hydrogen) atoms. The Kier molecular flexibility index (Phi) is 6.18. The van der Waals surface area contributed by atoms with E-state index < -0.39 is 23.3 Å². The topological polar surface area (TPSA) is 102 Å². The third kappa shape index (κ3) is 4.40. The van der Waals surface area contributed by atoms with E-state index in [1.165, 1.54) is 5.48 Å². The number of nitrogens with two attached hydrogens (primary N) is 1. The second-order valence-corrected chi connectivity index (χ2v) is 3.09. The fraction of sp³-hybridized carbons (Fsp3) is 0.714. The zero-order valence-electron chi connectivity index (χ0n) is 7.70. The Morgan fingerprint density at radius 1 is 1.64 bits per heavy atom. The minimum absolute atomic E-state index is 0.177. The maximum absolute atomic E-state index is 10.9. The number of carbonyl (C=O) groups excluding carboxylic acids is 2. The molecule has 0 heterocycles. The average molecular weight is 225 g/mol. The van der Waals surface area contributed by atoms with Gasteiger partial charge in [0.05, 0.1) is 18.4 Å². The standard InChI is InChI=1S/C7H13ClN2O4/c1-2-14-5(11)3-4(8)6(9)7(12)10-13/h4,6,13H,2-3,9H2,1H3,(H,10,12). The number of hydrogen-bond acceptors (Lipinski definition) is 5. The number of amides is 1. The number of ether oxygens (including phenoxy) is 1. The lowest BCUT2D eigenvalue weighted by atomic mass is 10.1. The van der Waals surface area contributed by atoms with Gasteiger partial charge in [0.2, 0.25) is 0 Å². The Hall–Kier alpha value is -0.850. The molecule has 0 aromatic rings. The maximum atomic E-state index is 10.9. The molecule has 0 spiro atoms. The summed E-state index contributed by atoms with van der Waals surface area (Å²) >= 11 is 5.64. The van der Waals surface area contributed by atoms with Crippen molar-refractivity contribution in [1.82, 2.24) is 5.48 Å². The SMILES string of the molecule is CCOC(=O)CC(Cl)C(N)C(=O)NO. The van der Waals surface area contributed by atoms with Gasteiger partial charge in [0.25, 0.3) is 5.91 Å². The van der Waals surface area contributed by atoms with Crippen LogP contribution < -0.4 is 11.2 Å². The lowest BCUT2D eigenvalue weighted by molar-refractivity contribution is -0.143. The van der Waals surface area contributed by atoms with Gasteiger partial charge in [-0.05, 0) is 6.92 Å². The molecule has 2 unspecified atom stereocenters. The van der Waals surface area contributed by atoms with Gasteiger partial charge in [-0.2, -0.15) is 0 Å². The fourth-order valence-corrected chi connectivity index (χ4v) is 0.985. The second kappa shape index (κ2) is 6.58. The number of rotatable bonds is 5. The van der Waals surface area contributed by atoms with Gasteiger partial charge in [-0.1, -0.05) is 0 Å². The van der Waals surface area contributed by atoms with Gasteiger partial charge in [-0.3, -0.25) is 14.8 Å². The maximum Gasteiger partial charge on any atom is 0.307 e. The van der Waals surface area contributed by atoms with E-state index in [9.17, 15) is 9.59 Å². The largest absolute Gasteiger partial charge is 0.466 e. The quantitative estimate of drug-likeness (QED) is 0.250. The van der Waals surface area contributed by atoms with Crippen LogP contribution in [0.2, 0.25) is 0 Å². The van der Waals surface area contributed by atoms with Gasteiger partial charge in [0.15, 0.2) is 0 Å². The number of esters is 1. The van der Waals surface area contributed by atoms with Gasteiger partial charge in [0, 0.05) is 0 Å². The van der Waals surface area contributed by atoms with Gasteiger partial charge in [-0.15, -0.1) is 11.6 Å². The summed E-state index contributed by atoms with van der Waals surface area (Å²) in [5.41, 5.74) is 6.65. The molecule has 6 nitrogen and oxygen atoms in total. The van der Waals surface area contributed by atoms with Crippen LogP contribution in [-0.2, 0) is 14.3 Å². The van der Waals surface area contributed by atoms with Crippen LogP contribution in [0.3, 0.4) is 0 Å². The summed E-state index contributed by atoms with van der Waals surface area (Å²) in [6.45, 7) is 1.89. The molecule has 1 amide bonds. The van der Waals surface area contributed by atoms with Crippen molar-refractivity contribution in [2.45, 2.75) is 24.8 Å². The van der Waals surface area contributed by atoms with Crippen molar-refractivity contribution in [1.29, 1.82) is 0 Å². The van der Waals surface area contributed by atoms with Gasteiger partial charge in [0.1, 0.15) is 6.04 Å². The summed E-state index contributed by atoms with van der Waals surface area (Å²) in [5, 5.41) is 7.34. The molecule has 0 bridgehead atoms. The van der Waals surface area contributed by atoms with Gasteiger partial charge >= 0.3 is 5.97 Å². The lowest BCUT2D eigenvalue weighted by Crippen LogP contribution is -2.46. The Labute approximate surface area is 86.3 Å². The minimum Gasteiger partial charge on any atom is -0.466 e. The fourth-order valence-electron chi connectivity index (χ4n) is 0.745. The minimum atomic E-state index is -1.15. The van der Waals surface area contributed by atoms with Crippen molar-refractivity contribution in [3.8, 4) is 0 Å². The number of nitrogens with one attached hydrogen (secondary N) is 1. The smallest absolute Gasteiger partial charge is 0.307 e. The number of hydrogen-bond donors (Lipinski definition) is 3. The predicted octanol–water partition coefficient (Wildman–Crippen LogP) is -0.620. The van der Waals surface area contributed by atoms with Crippen LogP contribution in [0, 0.1) is 0 Å². The highest BCUT2D eigenvalue weighted by Crippen LogP contribution is 2.07. The zero-order chi connectivity index (χ0) is 11.1. The molecule has 0 aromatic heterocycles. The lowest BCUT2D eigenvalue weighted by Gasteiger charge is -2.14. The highest BCUT2D eigenvalue weighted by atomic mass is 35.5. The molecule has 0 saturated heterocycles. The van der Waals surface area contributed by atoms with Crippen molar-refractivity contribution in [2.75, 3.05) is 6.61 Å². The van der Waals surface area contributed by atoms with E-state index in [1.807, 2.05) is 0 Å². The third-order valence-corrected chi connectivity index (χ3v) is 1.90. The van der Waals surface area contributed by atoms with Crippen LogP contribution in [0.15, 0.2) is 0 Å². The Balaban J connectivity index is 4.00. The Bertz CT molecular complexity index is 212. The molecule has 0 rings (SSSR count). The normalized spacial score (nSPS) is 14.3. The highest BCUT2D eigenvalue weighted by molar-refractivity contribution is 6.23. The zero-order valence-corrected chi connectivity index (χ0v) is 8.45. The summed E-state index contributed by atoms with van der Waals surface area (Å²) in [7, 11) is 0. The van der Waals surface area contributed by atoms with E-state index in [0.29, 0.717) is 0 Å². The molecule has 2 atom stereocenters. The van der Waals surface area contributed by atoms with E-state index in [-0.39, 0.29) is 13.0 Å². The van der Waals surface area contributed by atoms with Crippen molar-refractivity contribution in [3.05, 3.63) is 0 Å². The molecule has 7 heteroatoms. The molecule has 0 aliphatic carbocycles. The van der Waals surface area contributed by atoms with Crippen molar-refractivity contribution in [2.24, 2.45) is 5.73 Å². The monoisotopic (exact) mass is 224 g/mol. The van der Waals surface area contributed by atoms with Crippen molar-refractivity contribution >= 4 is 23.5 Å². The number of halogens is 1. The van der Waals surface area contributed by atoms with E-state index >= 15 is 0 Å². The first-order valence-corrected chi connectivity index (χ1v) is 4.45.